The maximum absolute atomic E-state index is 12.8. The molecule has 18 heavy (non-hydrogen) atoms. The molecule has 0 amide bonds. The molecule has 1 aromatic rings. The van der Waals surface area contributed by atoms with Gasteiger partial charge < -0.3 is 9.47 Å². The van der Waals surface area contributed by atoms with E-state index in [1.165, 1.54) is 13.2 Å². The molecule has 0 fully saturated rings. The van der Waals surface area contributed by atoms with Gasteiger partial charge in [-0.2, -0.15) is 13.2 Å². The quantitative estimate of drug-likeness (QED) is 0.439. The molecule has 0 aliphatic carbocycles. The van der Waals surface area contributed by atoms with E-state index in [1.807, 2.05) is 0 Å². The second kappa shape index (κ2) is 4.01. The van der Waals surface area contributed by atoms with Crippen molar-refractivity contribution in [3.63, 3.8) is 0 Å². The van der Waals surface area contributed by atoms with E-state index in [9.17, 15) is 22.8 Å². The number of carbonyl (C=O) groups is 2. The minimum Gasteiger partial charge on any atom is -0.497 e. The summed E-state index contributed by atoms with van der Waals surface area (Å²) in [5, 5.41) is 0. The lowest BCUT2D eigenvalue weighted by Crippen LogP contribution is -2.39. The third-order valence-electron chi connectivity index (χ3n) is 2.53. The average molecular weight is 260 g/mol. The summed E-state index contributed by atoms with van der Waals surface area (Å²) in [6, 6.07) is 3.47. The Hall–Kier alpha value is -2.05. The van der Waals surface area contributed by atoms with Gasteiger partial charge in [-0.1, -0.05) is 6.07 Å². The van der Waals surface area contributed by atoms with Gasteiger partial charge in [-0.3, -0.25) is 4.79 Å². The first-order valence-corrected chi connectivity index (χ1v) is 4.85. The molecule has 0 spiro atoms. The summed E-state index contributed by atoms with van der Waals surface area (Å²) in [6.07, 6.45) is -4.83. The van der Waals surface area contributed by atoms with Crippen LogP contribution in [0.25, 0.3) is 0 Å². The van der Waals surface area contributed by atoms with Crippen LogP contribution in [-0.4, -0.2) is 25.0 Å². The summed E-state index contributed by atoms with van der Waals surface area (Å²) in [5.41, 5.74) is -0.382. The zero-order valence-corrected chi connectivity index (χ0v) is 9.08. The van der Waals surface area contributed by atoms with E-state index in [-0.39, 0.29) is 17.1 Å². The van der Waals surface area contributed by atoms with Crippen molar-refractivity contribution in [3.05, 3.63) is 23.8 Å². The molecule has 1 aliphatic heterocycles. The van der Waals surface area contributed by atoms with Gasteiger partial charge in [0.15, 0.2) is 5.92 Å². The SMILES string of the molecule is COc1ccc2c(c1)OC(=O)C(=O)C2C(F)(F)F. The molecule has 1 atom stereocenters. The summed E-state index contributed by atoms with van der Waals surface area (Å²) in [7, 11) is 1.32. The minimum absolute atomic E-state index is 0.233. The largest absolute Gasteiger partial charge is 0.497 e. The van der Waals surface area contributed by atoms with Gasteiger partial charge in [-0.15, -0.1) is 0 Å². The van der Waals surface area contributed by atoms with Crippen LogP contribution in [0.5, 0.6) is 11.5 Å². The first kappa shape index (κ1) is 12.4. The highest BCUT2D eigenvalue weighted by Gasteiger charge is 2.52. The number of halogens is 3. The number of hydrogen-bond donors (Lipinski definition) is 0. The van der Waals surface area contributed by atoms with E-state index in [1.54, 1.807) is 0 Å². The predicted octanol–water partition coefficient (Wildman–Crippen LogP) is 1.83. The molecule has 7 heteroatoms. The first-order chi connectivity index (χ1) is 8.34. The van der Waals surface area contributed by atoms with Crippen LogP contribution >= 0.6 is 0 Å². The second-order valence-electron chi connectivity index (χ2n) is 3.63. The van der Waals surface area contributed by atoms with Gasteiger partial charge in [-0.25, -0.2) is 4.79 Å². The number of Topliss-reactive ketones (excluding diaryl/α,β-unsaturated/α-hetero) is 1. The lowest BCUT2D eigenvalue weighted by molar-refractivity contribution is -0.174. The molecule has 0 radical (unpaired) electrons. The Labute approximate surface area is 99.3 Å². The van der Waals surface area contributed by atoms with Crippen LogP contribution in [0.2, 0.25) is 0 Å². The molecule has 4 nitrogen and oxygen atoms in total. The number of ether oxygens (including phenoxy) is 2. The Morgan fingerprint density at radius 3 is 2.50 bits per heavy atom. The average Bonchev–Trinajstić information content (AvgIpc) is 2.28. The topological polar surface area (TPSA) is 52.6 Å². The van der Waals surface area contributed by atoms with Gasteiger partial charge in [0.05, 0.1) is 7.11 Å². The number of rotatable bonds is 1. The maximum atomic E-state index is 12.8. The molecule has 1 aliphatic rings. The van der Waals surface area contributed by atoms with Crippen LogP contribution in [0.15, 0.2) is 18.2 Å². The van der Waals surface area contributed by atoms with E-state index >= 15 is 0 Å². The third-order valence-corrected chi connectivity index (χ3v) is 2.53. The van der Waals surface area contributed by atoms with E-state index in [0.717, 1.165) is 12.1 Å². The molecule has 2 rings (SSSR count). The van der Waals surface area contributed by atoms with E-state index in [2.05, 4.69) is 4.74 Å². The molecule has 0 saturated heterocycles. The number of ketones is 1. The maximum Gasteiger partial charge on any atom is 0.403 e. The Balaban J connectivity index is 2.58. The number of hydrogen-bond acceptors (Lipinski definition) is 4. The molecule has 96 valence electrons. The highest BCUT2D eigenvalue weighted by atomic mass is 19.4. The summed E-state index contributed by atoms with van der Waals surface area (Å²) >= 11 is 0. The standard InChI is InChI=1S/C11H7F3O4/c1-17-5-2-3-6-7(4-5)18-10(16)9(15)8(6)11(12,13)14/h2-4,8H,1H3. The molecular weight excluding hydrogens is 253 g/mol. The number of benzene rings is 1. The highest BCUT2D eigenvalue weighted by Crippen LogP contribution is 2.43. The van der Waals surface area contributed by atoms with Crippen LogP contribution in [0.3, 0.4) is 0 Å². The van der Waals surface area contributed by atoms with Crippen molar-refractivity contribution >= 4 is 11.8 Å². The Morgan fingerprint density at radius 2 is 1.94 bits per heavy atom. The normalized spacial score (nSPS) is 19.2. The first-order valence-electron chi connectivity index (χ1n) is 4.85. The van der Waals surface area contributed by atoms with Crippen LogP contribution in [0, 0.1) is 0 Å². The number of fused-ring (bicyclic) bond motifs is 1. The molecule has 0 saturated carbocycles. The van der Waals surface area contributed by atoms with E-state index < -0.39 is 23.8 Å². The van der Waals surface area contributed by atoms with Gasteiger partial charge in [0.1, 0.15) is 11.5 Å². The fourth-order valence-electron chi connectivity index (χ4n) is 1.70. The van der Waals surface area contributed by atoms with Crippen LogP contribution < -0.4 is 9.47 Å². The summed E-state index contributed by atoms with van der Waals surface area (Å²) in [6.45, 7) is 0. The van der Waals surface area contributed by atoms with Crippen molar-refractivity contribution in [1.29, 1.82) is 0 Å². The number of methoxy groups -OCH3 is 1. The van der Waals surface area contributed by atoms with Crippen LogP contribution in [0.4, 0.5) is 13.2 Å². The summed E-state index contributed by atoms with van der Waals surface area (Å²) < 4.78 is 47.6. The van der Waals surface area contributed by atoms with Crippen molar-refractivity contribution in [1.82, 2.24) is 0 Å². The van der Waals surface area contributed by atoms with Crippen molar-refractivity contribution < 1.29 is 32.2 Å². The second-order valence-corrected chi connectivity index (χ2v) is 3.63. The lowest BCUT2D eigenvalue weighted by atomic mass is 9.91. The molecular formula is C11H7F3O4. The zero-order chi connectivity index (χ0) is 13.5. The van der Waals surface area contributed by atoms with Crippen LogP contribution in [-0.2, 0) is 9.59 Å². The minimum atomic E-state index is -4.83. The zero-order valence-electron chi connectivity index (χ0n) is 9.08. The molecule has 0 aromatic heterocycles. The highest BCUT2D eigenvalue weighted by molar-refractivity contribution is 6.37. The Bertz CT molecular complexity index is 522. The van der Waals surface area contributed by atoms with Gasteiger partial charge >= 0.3 is 12.1 Å². The number of esters is 1. The van der Waals surface area contributed by atoms with Crippen molar-refractivity contribution in [2.45, 2.75) is 12.1 Å². The molecule has 0 bridgehead atoms. The van der Waals surface area contributed by atoms with Crippen molar-refractivity contribution in [2.75, 3.05) is 7.11 Å². The van der Waals surface area contributed by atoms with E-state index in [4.69, 9.17) is 4.74 Å². The monoisotopic (exact) mass is 260 g/mol. The van der Waals surface area contributed by atoms with Gasteiger partial charge in [0.25, 0.3) is 5.78 Å². The number of carbonyl (C=O) groups excluding carboxylic acids is 2. The fourth-order valence-corrected chi connectivity index (χ4v) is 1.70. The van der Waals surface area contributed by atoms with Crippen LogP contribution in [0.1, 0.15) is 11.5 Å². The molecule has 1 unspecified atom stereocenters. The molecule has 0 N–H and O–H groups in total. The lowest BCUT2D eigenvalue weighted by Gasteiger charge is -2.25. The van der Waals surface area contributed by atoms with Gasteiger partial charge in [0, 0.05) is 11.6 Å². The Kier molecular flexibility index (Phi) is 2.76. The Morgan fingerprint density at radius 1 is 1.28 bits per heavy atom. The molecule has 1 aromatic carbocycles. The van der Waals surface area contributed by atoms with Gasteiger partial charge in [-0.05, 0) is 6.07 Å². The smallest absolute Gasteiger partial charge is 0.403 e. The predicted molar refractivity (Wildman–Crippen MR) is 52.4 cm³/mol. The van der Waals surface area contributed by atoms with E-state index in [0.29, 0.717) is 0 Å². The third kappa shape index (κ3) is 1.92. The summed E-state index contributed by atoms with van der Waals surface area (Å²) in [4.78, 5) is 22.4. The fraction of sp³-hybridized carbons (Fsp3) is 0.273. The molecule has 1 heterocycles. The van der Waals surface area contributed by atoms with Crippen molar-refractivity contribution in [2.24, 2.45) is 0 Å². The summed E-state index contributed by atoms with van der Waals surface area (Å²) in [5.74, 6) is -5.67. The van der Waals surface area contributed by atoms with Gasteiger partial charge in [0.2, 0.25) is 0 Å². The number of alkyl halides is 3. The van der Waals surface area contributed by atoms with Crippen molar-refractivity contribution in [3.8, 4) is 11.5 Å².